The van der Waals surface area contributed by atoms with Crippen LogP contribution in [-0.4, -0.2) is 29.6 Å². The van der Waals surface area contributed by atoms with Gasteiger partial charge in [0, 0.05) is 5.56 Å². The van der Waals surface area contributed by atoms with E-state index in [2.05, 4.69) is 4.74 Å². The van der Waals surface area contributed by atoms with Gasteiger partial charge in [-0.05, 0) is 19.4 Å². The Morgan fingerprint density at radius 1 is 1.18 bits per heavy atom. The van der Waals surface area contributed by atoms with Crippen LogP contribution in [0.25, 0.3) is 0 Å². The van der Waals surface area contributed by atoms with Crippen LogP contribution in [0.2, 0.25) is 0 Å². The Labute approximate surface area is 98.7 Å². The number of aryl methyl sites for hydroxylation is 1. The number of carbonyl (C=O) groups is 3. The zero-order chi connectivity index (χ0) is 12.1. The minimum Gasteiger partial charge on any atom is -0.460 e. The number of carbonyl (C=O) groups excluding carboxylic acids is 3. The maximum absolute atomic E-state index is 11.6. The highest BCUT2D eigenvalue weighted by Gasteiger charge is 2.26. The van der Waals surface area contributed by atoms with Crippen molar-refractivity contribution in [2.45, 2.75) is 13.8 Å². The molecule has 0 aliphatic rings. The first-order valence-electron chi connectivity index (χ1n) is 4.89. The fourth-order valence-corrected chi connectivity index (χ4v) is 1.24. The molecule has 0 atom stereocenters. The van der Waals surface area contributed by atoms with E-state index in [0.29, 0.717) is 5.56 Å². The molecular weight excluding hydrogens is 224 g/mol. The number of ketones is 2. The number of Topliss-reactive ketones (excluding diaryl/α,β-unsaturated/α-hetero) is 2. The lowest BCUT2D eigenvalue weighted by molar-refractivity contribution is -0.151. The van der Waals surface area contributed by atoms with Crippen molar-refractivity contribution in [3.05, 3.63) is 35.4 Å². The van der Waals surface area contributed by atoms with E-state index in [1.807, 2.05) is 0 Å². The minimum absolute atomic E-state index is 0. The monoisotopic (exact) mass is 238 g/mol. The van der Waals surface area contributed by atoms with Gasteiger partial charge in [0.25, 0.3) is 0 Å². The van der Waals surface area contributed by atoms with Gasteiger partial charge in [-0.2, -0.15) is 0 Å². The molecule has 5 heteroatoms. The summed E-state index contributed by atoms with van der Waals surface area (Å²) in [5, 5.41) is 0. The molecule has 1 aromatic carbocycles. The molecule has 1 rings (SSSR count). The van der Waals surface area contributed by atoms with Crippen LogP contribution in [0.3, 0.4) is 0 Å². The number of ether oxygens (including phenoxy) is 1. The quantitative estimate of drug-likeness (QED) is 0.330. The van der Waals surface area contributed by atoms with Crippen molar-refractivity contribution in [1.29, 1.82) is 0 Å². The van der Waals surface area contributed by atoms with E-state index in [9.17, 15) is 14.4 Å². The lowest BCUT2D eigenvalue weighted by atomic mass is 10.0. The molecule has 0 aliphatic heterocycles. The maximum Gasteiger partial charge on any atom is 0.383 e. The molecule has 5 nitrogen and oxygen atoms in total. The normalized spacial score (nSPS) is 9.06. The van der Waals surface area contributed by atoms with Crippen molar-refractivity contribution >= 4 is 17.5 Å². The van der Waals surface area contributed by atoms with Gasteiger partial charge in [0.2, 0.25) is 5.78 Å². The molecule has 0 saturated heterocycles. The first-order chi connectivity index (χ1) is 7.57. The molecular formula is C12H14O5. The molecule has 0 aromatic heterocycles. The van der Waals surface area contributed by atoms with Gasteiger partial charge in [-0.3, -0.25) is 9.59 Å². The van der Waals surface area contributed by atoms with Gasteiger partial charge in [-0.25, -0.2) is 4.79 Å². The fraction of sp³-hybridized carbons (Fsp3) is 0.250. The average Bonchev–Trinajstić information content (AvgIpc) is 2.28. The molecule has 17 heavy (non-hydrogen) atoms. The summed E-state index contributed by atoms with van der Waals surface area (Å²) in [6.07, 6.45) is 0. The molecule has 0 unspecified atom stereocenters. The summed E-state index contributed by atoms with van der Waals surface area (Å²) in [6, 6.07) is 6.60. The lowest BCUT2D eigenvalue weighted by Gasteiger charge is -2.03. The second kappa shape index (κ2) is 6.55. The molecule has 0 bridgehead atoms. The first-order valence-corrected chi connectivity index (χ1v) is 4.89. The van der Waals surface area contributed by atoms with Crippen LogP contribution in [-0.2, 0) is 14.3 Å². The highest BCUT2D eigenvalue weighted by atomic mass is 16.5. The second-order valence-electron chi connectivity index (χ2n) is 3.19. The van der Waals surface area contributed by atoms with Crippen LogP contribution >= 0.6 is 0 Å². The second-order valence-corrected chi connectivity index (χ2v) is 3.19. The number of benzene rings is 1. The third-order valence-corrected chi connectivity index (χ3v) is 2.06. The van der Waals surface area contributed by atoms with Gasteiger partial charge in [0.1, 0.15) is 0 Å². The highest BCUT2D eigenvalue weighted by molar-refractivity contribution is 6.65. The fourth-order valence-electron chi connectivity index (χ4n) is 1.24. The lowest BCUT2D eigenvalue weighted by Crippen LogP contribution is -2.26. The minimum atomic E-state index is -1.13. The zero-order valence-electron chi connectivity index (χ0n) is 9.65. The molecule has 1 aromatic rings. The van der Waals surface area contributed by atoms with Crippen molar-refractivity contribution < 1.29 is 24.6 Å². The number of hydrogen-bond acceptors (Lipinski definition) is 4. The largest absolute Gasteiger partial charge is 0.460 e. The summed E-state index contributed by atoms with van der Waals surface area (Å²) >= 11 is 0. The van der Waals surface area contributed by atoms with Gasteiger partial charge in [-0.15, -0.1) is 0 Å². The smallest absolute Gasteiger partial charge is 0.383 e. The SMILES string of the molecule is CCOC(=O)C(=O)C(=O)c1ccccc1C.O. The molecule has 0 saturated carbocycles. The van der Waals surface area contributed by atoms with Crippen molar-refractivity contribution in [2.24, 2.45) is 0 Å². The number of hydrogen-bond donors (Lipinski definition) is 0. The van der Waals surface area contributed by atoms with Crippen LogP contribution in [0.5, 0.6) is 0 Å². The summed E-state index contributed by atoms with van der Waals surface area (Å²) < 4.78 is 4.48. The summed E-state index contributed by atoms with van der Waals surface area (Å²) in [5.74, 6) is -3.05. The summed E-state index contributed by atoms with van der Waals surface area (Å²) in [7, 11) is 0. The van der Waals surface area contributed by atoms with Gasteiger partial charge >= 0.3 is 11.8 Å². The standard InChI is InChI=1S/C12H12O4.H2O/c1-3-16-12(15)11(14)10(13)9-7-5-4-6-8(9)2;/h4-7H,3H2,1-2H3;1H2. The average molecular weight is 238 g/mol. The Bertz CT molecular complexity index is 436. The van der Waals surface area contributed by atoms with E-state index in [1.165, 1.54) is 6.07 Å². The van der Waals surface area contributed by atoms with E-state index < -0.39 is 17.5 Å². The molecule has 0 amide bonds. The molecule has 0 radical (unpaired) electrons. The third kappa shape index (κ3) is 3.49. The van der Waals surface area contributed by atoms with Crippen LogP contribution in [0.4, 0.5) is 0 Å². The van der Waals surface area contributed by atoms with E-state index in [-0.39, 0.29) is 17.6 Å². The van der Waals surface area contributed by atoms with Gasteiger partial charge in [0.15, 0.2) is 0 Å². The van der Waals surface area contributed by atoms with Crippen LogP contribution < -0.4 is 0 Å². The summed E-state index contributed by atoms with van der Waals surface area (Å²) in [6.45, 7) is 3.35. The van der Waals surface area contributed by atoms with Gasteiger partial charge in [0.05, 0.1) is 6.61 Å². The van der Waals surface area contributed by atoms with Crippen LogP contribution in [0, 0.1) is 6.92 Å². The highest BCUT2D eigenvalue weighted by Crippen LogP contribution is 2.08. The van der Waals surface area contributed by atoms with Crippen molar-refractivity contribution in [1.82, 2.24) is 0 Å². The number of esters is 1. The van der Waals surface area contributed by atoms with Crippen LogP contribution in [0.15, 0.2) is 24.3 Å². The molecule has 92 valence electrons. The van der Waals surface area contributed by atoms with Gasteiger partial charge in [-0.1, -0.05) is 24.3 Å². The van der Waals surface area contributed by atoms with Crippen LogP contribution in [0.1, 0.15) is 22.8 Å². The van der Waals surface area contributed by atoms with Crippen molar-refractivity contribution in [2.75, 3.05) is 6.61 Å². The predicted molar refractivity (Wildman–Crippen MR) is 60.8 cm³/mol. The van der Waals surface area contributed by atoms with E-state index in [0.717, 1.165) is 0 Å². The van der Waals surface area contributed by atoms with E-state index >= 15 is 0 Å². The van der Waals surface area contributed by atoms with E-state index in [1.54, 1.807) is 32.0 Å². The molecule has 0 fully saturated rings. The maximum atomic E-state index is 11.6. The predicted octanol–water partition coefficient (Wildman–Crippen LogP) is 0.485. The molecule has 2 N–H and O–H groups in total. The van der Waals surface area contributed by atoms with Crippen molar-refractivity contribution in [3.8, 4) is 0 Å². The Hall–Kier alpha value is -2.01. The van der Waals surface area contributed by atoms with Crippen molar-refractivity contribution in [3.63, 3.8) is 0 Å². The third-order valence-electron chi connectivity index (χ3n) is 2.06. The topological polar surface area (TPSA) is 91.9 Å². The Balaban J connectivity index is 0.00000256. The Morgan fingerprint density at radius 2 is 1.76 bits per heavy atom. The summed E-state index contributed by atoms with van der Waals surface area (Å²) in [4.78, 5) is 34.1. The Kier molecular flexibility index (Phi) is 5.77. The molecule has 0 heterocycles. The first kappa shape index (κ1) is 15.0. The molecule has 0 aliphatic carbocycles. The van der Waals surface area contributed by atoms with E-state index in [4.69, 9.17) is 0 Å². The molecule has 0 spiro atoms. The summed E-state index contributed by atoms with van der Waals surface area (Å²) in [5.41, 5.74) is 0.894. The van der Waals surface area contributed by atoms with Gasteiger partial charge < -0.3 is 10.2 Å². The number of rotatable bonds is 4. The Morgan fingerprint density at radius 3 is 2.29 bits per heavy atom. The zero-order valence-corrected chi connectivity index (χ0v) is 9.65.